The number of nitrogens with one attached hydrogen (secondary N) is 1. The highest BCUT2D eigenvalue weighted by molar-refractivity contribution is 6.46. The predicted molar refractivity (Wildman–Crippen MR) is 142 cm³/mol. The van der Waals surface area contributed by atoms with E-state index in [2.05, 4.69) is 21.9 Å². The Kier molecular flexibility index (Phi) is 9.87. The van der Waals surface area contributed by atoms with Crippen LogP contribution in [0.15, 0.2) is 82.4 Å². The summed E-state index contributed by atoms with van der Waals surface area (Å²) in [6, 6.07) is 16.6. The second-order valence-corrected chi connectivity index (χ2v) is 8.58. The molecule has 0 radical (unpaired) electrons. The number of aliphatic imine (C=N–C) groups is 2. The lowest BCUT2D eigenvalue weighted by molar-refractivity contribution is -0.117. The van der Waals surface area contributed by atoms with E-state index in [9.17, 15) is 9.59 Å². The van der Waals surface area contributed by atoms with Crippen molar-refractivity contribution in [3.8, 4) is 0 Å². The summed E-state index contributed by atoms with van der Waals surface area (Å²) in [5.74, 6) is 0.441. The van der Waals surface area contributed by atoms with E-state index >= 15 is 0 Å². The molecule has 0 fully saturated rings. The SMILES string of the molecule is C=C(C)C(=O)C(NC(C)=NCC)c1cccc(/C=C(\C)N=C(C(=O)C(C)C)c2ccccc2)c1. The molecule has 0 saturated heterocycles. The number of Topliss-reactive ketones (excluding diaryl/α,β-unsaturated/α-hetero) is 2. The van der Waals surface area contributed by atoms with Crippen molar-refractivity contribution in [2.24, 2.45) is 15.9 Å². The Hall–Kier alpha value is -3.60. The molecule has 0 spiro atoms. The zero-order chi connectivity index (χ0) is 25.3. The van der Waals surface area contributed by atoms with Crippen molar-refractivity contribution in [1.82, 2.24) is 5.32 Å². The van der Waals surface area contributed by atoms with Crippen LogP contribution in [0.5, 0.6) is 0 Å². The molecular formula is C29H35N3O2. The summed E-state index contributed by atoms with van der Waals surface area (Å²) in [5, 5.41) is 3.22. The number of benzene rings is 2. The third-order valence-electron chi connectivity index (χ3n) is 5.14. The number of amidine groups is 1. The first-order valence-electron chi connectivity index (χ1n) is 11.6. The van der Waals surface area contributed by atoms with Crippen LogP contribution in [-0.2, 0) is 9.59 Å². The van der Waals surface area contributed by atoms with Crippen molar-refractivity contribution in [1.29, 1.82) is 0 Å². The smallest absolute Gasteiger partial charge is 0.184 e. The molecule has 178 valence electrons. The fourth-order valence-electron chi connectivity index (χ4n) is 3.45. The number of rotatable bonds is 10. The van der Waals surface area contributed by atoms with Crippen LogP contribution in [-0.4, -0.2) is 29.7 Å². The summed E-state index contributed by atoms with van der Waals surface area (Å²) in [6.45, 7) is 15.6. The summed E-state index contributed by atoms with van der Waals surface area (Å²) >= 11 is 0. The van der Waals surface area contributed by atoms with Crippen LogP contribution in [0, 0.1) is 5.92 Å². The van der Waals surface area contributed by atoms with Crippen molar-refractivity contribution in [3.63, 3.8) is 0 Å². The Balaban J connectivity index is 2.46. The first kappa shape index (κ1) is 26.7. The van der Waals surface area contributed by atoms with Gasteiger partial charge < -0.3 is 5.32 Å². The van der Waals surface area contributed by atoms with Gasteiger partial charge in [0, 0.05) is 23.7 Å². The maximum absolute atomic E-state index is 12.9. The molecule has 0 amide bonds. The quantitative estimate of drug-likeness (QED) is 0.271. The minimum atomic E-state index is -0.577. The van der Waals surface area contributed by atoms with Crippen LogP contribution in [0.2, 0.25) is 0 Å². The Morgan fingerprint density at radius 3 is 2.26 bits per heavy atom. The van der Waals surface area contributed by atoms with Crippen LogP contribution in [0.25, 0.3) is 6.08 Å². The van der Waals surface area contributed by atoms with Gasteiger partial charge in [0.2, 0.25) is 0 Å². The highest BCUT2D eigenvalue weighted by atomic mass is 16.1. The fraction of sp³-hybridized carbons (Fsp3) is 0.310. The molecule has 0 aliphatic heterocycles. The summed E-state index contributed by atoms with van der Waals surface area (Å²) < 4.78 is 0. The molecule has 2 aromatic carbocycles. The number of hydrogen-bond donors (Lipinski definition) is 1. The molecule has 5 nitrogen and oxygen atoms in total. The van der Waals surface area contributed by atoms with E-state index in [4.69, 9.17) is 0 Å². The van der Waals surface area contributed by atoms with Crippen molar-refractivity contribution >= 4 is 29.2 Å². The maximum Gasteiger partial charge on any atom is 0.184 e. The molecule has 1 N–H and O–H groups in total. The minimum Gasteiger partial charge on any atom is -0.360 e. The maximum atomic E-state index is 12.9. The van der Waals surface area contributed by atoms with Gasteiger partial charge in [-0.15, -0.1) is 0 Å². The number of carbonyl (C=O) groups is 2. The zero-order valence-corrected chi connectivity index (χ0v) is 21.1. The van der Waals surface area contributed by atoms with Crippen LogP contribution in [0.3, 0.4) is 0 Å². The van der Waals surface area contributed by atoms with Gasteiger partial charge in [0.1, 0.15) is 11.8 Å². The molecule has 0 aliphatic carbocycles. The van der Waals surface area contributed by atoms with Crippen molar-refractivity contribution in [2.75, 3.05) is 6.54 Å². The van der Waals surface area contributed by atoms with E-state index in [0.29, 0.717) is 29.4 Å². The number of carbonyl (C=O) groups excluding carboxylic acids is 2. The van der Waals surface area contributed by atoms with Gasteiger partial charge in [-0.1, -0.05) is 69.0 Å². The average molecular weight is 458 g/mol. The normalized spacial score (nSPS) is 13.6. The molecule has 1 atom stereocenters. The van der Waals surface area contributed by atoms with Crippen molar-refractivity contribution in [3.05, 3.63) is 89.1 Å². The van der Waals surface area contributed by atoms with Crippen LogP contribution in [0.1, 0.15) is 64.3 Å². The molecule has 0 aromatic heterocycles. The molecule has 2 rings (SSSR count). The molecule has 0 saturated carbocycles. The van der Waals surface area contributed by atoms with Crippen molar-refractivity contribution in [2.45, 2.75) is 47.6 Å². The van der Waals surface area contributed by atoms with E-state index < -0.39 is 6.04 Å². The molecular weight excluding hydrogens is 422 g/mol. The number of hydrogen-bond acceptors (Lipinski definition) is 4. The third kappa shape index (κ3) is 7.48. The first-order valence-corrected chi connectivity index (χ1v) is 11.6. The van der Waals surface area contributed by atoms with Gasteiger partial charge >= 0.3 is 0 Å². The molecule has 5 heteroatoms. The van der Waals surface area contributed by atoms with Gasteiger partial charge in [-0.25, -0.2) is 4.99 Å². The van der Waals surface area contributed by atoms with Gasteiger partial charge in [-0.05, 0) is 56.5 Å². The Bertz CT molecular complexity index is 1130. The molecule has 0 aliphatic rings. The average Bonchev–Trinajstić information content (AvgIpc) is 2.81. The van der Waals surface area contributed by atoms with E-state index in [-0.39, 0.29) is 17.5 Å². The minimum absolute atomic E-state index is 0.00490. The van der Waals surface area contributed by atoms with Crippen molar-refractivity contribution < 1.29 is 9.59 Å². The second-order valence-electron chi connectivity index (χ2n) is 8.58. The van der Waals surface area contributed by atoms with Crippen LogP contribution >= 0.6 is 0 Å². The number of nitrogens with zero attached hydrogens (tertiary/aromatic N) is 2. The fourth-order valence-corrected chi connectivity index (χ4v) is 3.45. The summed E-state index contributed by atoms with van der Waals surface area (Å²) in [4.78, 5) is 34.8. The Morgan fingerprint density at radius 1 is 1.00 bits per heavy atom. The topological polar surface area (TPSA) is 70.9 Å². The first-order chi connectivity index (χ1) is 16.1. The second kappa shape index (κ2) is 12.6. The van der Waals surface area contributed by atoms with E-state index in [1.807, 2.05) is 95.3 Å². The van der Waals surface area contributed by atoms with Gasteiger partial charge in [-0.2, -0.15) is 0 Å². The summed E-state index contributed by atoms with van der Waals surface area (Å²) in [5.41, 5.74) is 4.11. The zero-order valence-electron chi connectivity index (χ0n) is 21.1. The standard InChI is InChI=1S/C29H35N3O2/c1-8-30-22(7)32-27(29(34)20(4)5)25-16-12-13-23(18-25)17-21(6)31-26(28(33)19(2)3)24-14-10-9-11-15-24/h9-19,27H,4,8H2,1-3,5-7H3,(H,30,32)/b21-17+,31-26?. The molecule has 0 heterocycles. The lowest BCUT2D eigenvalue weighted by Gasteiger charge is -2.19. The third-order valence-corrected chi connectivity index (χ3v) is 5.14. The van der Waals surface area contributed by atoms with E-state index in [0.717, 1.165) is 16.7 Å². The summed E-state index contributed by atoms with van der Waals surface area (Å²) in [7, 11) is 0. The van der Waals surface area contributed by atoms with Gasteiger partial charge in [0.25, 0.3) is 0 Å². The number of allylic oxidation sites excluding steroid dienone is 1. The molecule has 1 unspecified atom stereocenters. The lowest BCUT2D eigenvalue weighted by atomic mass is 9.96. The Morgan fingerprint density at radius 2 is 1.68 bits per heavy atom. The highest BCUT2D eigenvalue weighted by Gasteiger charge is 2.22. The predicted octanol–water partition coefficient (Wildman–Crippen LogP) is 5.98. The van der Waals surface area contributed by atoms with Gasteiger partial charge in [0.05, 0.1) is 5.84 Å². The van der Waals surface area contributed by atoms with E-state index in [1.165, 1.54) is 0 Å². The van der Waals surface area contributed by atoms with E-state index in [1.54, 1.807) is 6.92 Å². The van der Waals surface area contributed by atoms with Gasteiger partial charge in [-0.3, -0.25) is 14.6 Å². The molecule has 0 bridgehead atoms. The lowest BCUT2D eigenvalue weighted by Crippen LogP contribution is -2.32. The number of ketones is 2. The highest BCUT2D eigenvalue weighted by Crippen LogP contribution is 2.21. The monoisotopic (exact) mass is 457 g/mol. The summed E-state index contributed by atoms with van der Waals surface area (Å²) in [6.07, 6.45) is 1.91. The van der Waals surface area contributed by atoms with Crippen LogP contribution in [0.4, 0.5) is 0 Å². The van der Waals surface area contributed by atoms with Crippen LogP contribution < -0.4 is 5.32 Å². The Labute approximate surface area is 203 Å². The van der Waals surface area contributed by atoms with Gasteiger partial charge in [0.15, 0.2) is 11.6 Å². The largest absolute Gasteiger partial charge is 0.360 e. The molecule has 34 heavy (non-hydrogen) atoms. The molecule has 2 aromatic rings.